The van der Waals surface area contributed by atoms with Crippen molar-refractivity contribution in [2.24, 2.45) is 0 Å². The number of hydrogen-bond acceptors (Lipinski definition) is 10. The van der Waals surface area contributed by atoms with Crippen LogP contribution in [0.2, 0.25) is 16.6 Å². The maximum atomic E-state index is 6.48. The molecule has 0 N–H and O–H groups in total. The second kappa shape index (κ2) is 12.6. The third-order valence-electron chi connectivity index (χ3n) is 6.54. The Balaban J connectivity index is 7.15. The molecule has 0 aliphatic rings. The van der Waals surface area contributed by atoms with Crippen molar-refractivity contribution in [1.82, 2.24) is 0 Å². The van der Waals surface area contributed by atoms with Crippen molar-refractivity contribution >= 4 is 36.9 Å². The molecule has 0 aliphatic heterocycles. The van der Waals surface area contributed by atoms with Crippen LogP contribution in [-0.2, 0) is 44.3 Å². The summed E-state index contributed by atoms with van der Waals surface area (Å²) in [6, 6.07) is 0. The molecule has 0 aromatic carbocycles. The zero-order valence-corrected chi connectivity index (χ0v) is 25.8. The lowest BCUT2D eigenvalue weighted by Crippen LogP contribution is -2.68. The van der Waals surface area contributed by atoms with Crippen molar-refractivity contribution in [3.8, 4) is 0 Å². The smallest absolute Gasteiger partial charge is 0.422 e. The SMILES string of the molecule is CO[Si](OC)(OC)C(C)C(O[SiH3])(C(C)[Si](OC)(OC)OC)C(C)[Si](OC)(OC)OC. The molecule has 0 saturated heterocycles. The molecule has 30 heavy (non-hydrogen) atoms. The lowest BCUT2D eigenvalue weighted by molar-refractivity contribution is -0.0257. The van der Waals surface area contributed by atoms with Crippen LogP contribution in [0.4, 0.5) is 0 Å². The van der Waals surface area contributed by atoms with Gasteiger partial charge < -0.3 is 44.3 Å². The van der Waals surface area contributed by atoms with E-state index in [2.05, 4.69) is 0 Å². The van der Waals surface area contributed by atoms with Crippen molar-refractivity contribution in [1.29, 1.82) is 0 Å². The Morgan fingerprint density at radius 1 is 0.467 bits per heavy atom. The van der Waals surface area contributed by atoms with E-state index >= 15 is 0 Å². The van der Waals surface area contributed by atoms with Gasteiger partial charge in [-0.2, -0.15) is 0 Å². The van der Waals surface area contributed by atoms with E-state index in [1.54, 1.807) is 64.0 Å². The predicted molar refractivity (Wildman–Crippen MR) is 122 cm³/mol. The molecule has 0 spiro atoms. The minimum Gasteiger partial charge on any atom is -0.422 e. The van der Waals surface area contributed by atoms with Gasteiger partial charge in [-0.1, -0.05) is 20.8 Å². The Morgan fingerprint density at radius 2 is 0.633 bits per heavy atom. The topological polar surface area (TPSA) is 92.3 Å². The fourth-order valence-electron chi connectivity index (χ4n) is 4.83. The molecule has 10 nitrogen and oxygen atoms in total. The van der Waals surface area contributed by atoms with Crippen LogP contribution >= 0.6 is 0 Å². The Kier molecular flexibility index (Phi) is 12.8. The minimum absolute atomic E-state index is 0.380. The second-order valence-corrected chi connectivity index (χ2v) is 17.2. The van der Waals surface area contributed by atoms with Gasteiger partial charge in [0.05, 0.1) is 22.2 Å². The van der Waals surface area contributed by atoms with E-state index in [4.69, 9.17) is 44.3 Å². The van der Waals surface area contributed by atoms with Gasteiger partial charge in [-0.15, -0.1) is 0 Å². The summed E-state index contributed by atoms with van der Waals surface area (Å²) in [5, 5.41) is 0. The Bertz CT molecular complexity index is 399. The molecule has 14 heteroatoms. The van der Waals surface area contributed by atoms with Crippen LogP contribution in [0.5, 0.6) is 0 Å². The summed E-state index contributed by atoms with van der Waals surface area (Å²) in [7, 11) is 4.86. The molecule has 0 fully saturated rings. The van der Waals surface area contributed by atoms with Gasteiger partial charge in [0.25, 0.3) is 0 Å². The molecule has 0 amide bonds. The van der Waals surface area contributed by atoms with Crippen LogP contribution < -0.4 is 0 Å². The number of rotatable bonds is 16. The van der Waals surface area contributed by atoms with Gasteiger partial charge >= 0.3 is 26.4 Å². The predicted octanol–water partition coefficient (Wildman–Crippen LogP) is 0.827. The summed E-state index contributed by atoms with van der Waals surface area (Å²) in [4.78, 5) is 0. The van der Waals surface area contributed by atoms with E-state index in [9.17, 15) is 0 Å². The quantitative estimate of drug-likeness (QED) is 0.280. The Morgan fingerprint density at radius 3 is 0.733 bits per heavy atom. The van der Waals surface area contributed by atoms with Crippen molar-refractivity contribution in [2.45, 2.75) is 43.0 Å². The molecule has 182 valence electrons. The summed E-state index contributed by atoms with van der Waals surface area (Å²) < 4.78 is 59.1. The van der Waals surface area contributed by atoms with Gasteiger partial charge in [-0.25, -0.2) is 0 Å². The molecular formula is C16H42O10Si4. The Labute approximate surface area is 188 Å². The molecule has 0 radical (unpaired) electrons. The van der Waals surface area contributed by atoms with Crippen LogP contribution in [0, 0.1) is 0 Å². The maximum Gasteiger partial charge on any atom is 0.506 e. The normalized spacial score (nSPS) is 18.8. The van der Waals surface area contributed by atoms with Gasteiger partial charge in [0.1, 0.15) is 10.5 Å². The summed E-state index contributed by atoms with van der Waals surface area (Å²) in [5.74, 6) is 0. The summed E-state index contributed by atoms with van der Waals surface area (Å²) in [6.45, 7) is 5.94. The number of hydrogen-bond donors (Lipinski definition) is 0. The van der Waals surface area contributed by atoms with Gasteiger partial charge in [0.2, 0.25) is 0 Å². The van der Waals surface area contributed by atoms with E-state index in [1.165, 1.54) is 0 Å². The second-order valence-electron chi connectivity index (χ2n) is 6.87. The van der Waals surface area contributed by atoms with Gasteiger partial charge in [0, 0.05) is 64.0 Å². The molecule has 0 aromatic heterocycles. The van der Waals surface area contributed by atoms with Crippen molar-refractivity contribution in [3.63, 3.8) is 0 Å². The van der Waals surface area contributed by atoms with Crippen molar-refractivity contribution in [2.75, 3.05) is 64.0 Å². The molecule has 0 saturated carbocycles. The third kappa shape index (κ3) is 4.86. The van der Waals surface area contributed by atoms with Crippen LogP contribution in [0.25, 0.3) is 0 Å². The molecule has 0 heterocycles. The largest absolute Gasteiger partial charge is 0.506 e. The summed E-state index contributed by atoms with van der Waals surface area (Å²) in [6.07, 6.45) is 0. The van der Waals surface area contributed by atoms with Crippen LogP contribution in [-0.4, -0.2) is 106 Å². The fourth-order valence-corrected chi connectivity index (χ4v) is 15.3. The summed E-state index contributed by atoms with van der Waals surface area (Å²) >= 11 is 0. The zero-order valence-electron chi connectivity index (χ0n) is 20.8. The standard InChI is InChI=1S/C16H42O10Si4/c1-13(28(17-4,18-5)19-6)16(26-27,14(2)29(20-7,21-8)22-9)15(3)30(23-10,24-11)25-12/h13-15H,1-12,27H3. The maximum absolute atomic E-state index is 6.48. The molecule has 0 aromatic rings. The van der Waals surface area contributed by atoms with Crippen molar-refractivity contribution < 1.29 is 44.3 Å². The molecule has 0 aliphatic carbocycles. The molecular weight excluding hydrogens is 465 g/mol. The highest BCUT2D eigenvalue weighted by atomic mass is 28.4. The highest BCUT2D eigenvalue weighted by molar-refractivity contribution is 6.67. The first-order chi connectivity index (χ1) is 14.1. The minimum atomic E-state index is -3.23. The molecule has 3 unspecified atom stereocenters. The van der Waals surface area contributed by atoms with Crippen LogP contribution in [0.3, 0.4) is 0 Å². The summed E-state index contributed by atoms with van der Waals surface area (Å²) in [5.41, 5.74) is -2.14. The molecule has 0 rings (SSSR count). The highest BCUT2D eigenvalue weighted by Crippen LogP contribution is 2.56. The average molecular weight is 507 g/mol. The van der Waals surface area contributed by atoms with Gasteiger partial charge in [0.15, 0.2) is 0 Å². The van der Waals surface area contributed by atoms with E-state index in [1.807, 2.05) is 20.8 Å². The van der Waals surface area contributed by atoms with E-state index in [-0.39, 0.29) is 16.6 Å². The first kappa shape index (κ1) is 30.5. The first-order valence-corrected chi connectivity index (χ1v) is 15.8. The molecule has 0 bridgehead atoms. The monoisotopic (exact) mass is 506 g/mol. The van der Waals surface area contributed by atoms with Crippen LogP contribution in [0.15, 0.2) is 0 Å². The highest BCUT2D eigenvalue weighted by Gasteiger charge is 2.71. The lowest BCUT2D eigenvalue weighted by atomic mass is 9.92. The molecule has 3 atom stereocenters. The van der Waals surface area contributed by atoms with Crippen LogP contribution in [0.1, 0.15) is 20.8 Å². The van der Waals surface area contributed by atoms with Crippen molar-refractivity contribution in [3.05, 3.63) is 0 Å². The Hall–Kier alpha value is 0.468. The third-order valence-corrected chi connectivity index (χ3v) is 16.9. The fraction of sp³-hybridized carbons (Fsp3) is 1.00. The van der Waals surface area contributed by atoms with Gasteiger partial charge in [-0.3, -0.25) is 0 Å². The first-order valence-electron chi connectivity index (χ1n) is 9.59. The van der Waals surface area contributed by atoms with Gasteiger partial charge in [-0.05, 0) is 0 Å². The van der Waals surface area contributed by atoms with E-state index < -0.39 is 32.0 Å². The van der Waals surface area contributed by atoms with E-state index in [0.29, 0.717) is 10.5 Å². The van der Waals surface area contributed by atoms with E-state index in [0.717, 1.165) is 0 Å². The lowest BCUT2D eigenvalue weighted by Gasteiger charge is -2.54. The zero-order chi connectivity index (χ0) is 23.8. The average Bonchev–Trinajstić information content (AvgIpc) is 2.79.